The molecular formula is C25H36N4O3S2. The van der Waals surface area contributed by atoms with Crippen molar-refractivity contribution in [2.75, 3.05) is 43.8 Å². The minimum absolute atomic E-state index is 0.147. The Hall–Kier alpha value is -1.94. The third-order valence-corrected chi connectivity index (χ3v) is 10.4. The van der Waals surface area contributed by atoms with E-state index in [0.29, 0.717) is 24.6 Å². The van der Waals surface area contributed by atoms with Gasteiger partial charge < -0.3 is 11.1 Å². The van der Waals surface area contributed by atoms with E-state index < -0.39 is 15.9 Å². The lowest BCUT2D eigenvalue weighted by molar-refractivity contribution is 0.100. The third kappa shape index (κ3) is 5.03. The zero-order valence-corrected chi connectivity index (χ0v) is 22.0. The molecule has 1 atom stereocenters. The Labute approximate surface area is 207 Å². The number of rotatable bonds is 9. The second-order valence-electron chi connectivity index (χ2n) is 9.20. The fourth-order valence-corrected chi connectivity index (χ4v) is 7.43. The normalized spacial score (nSPS) is 19.4. The lowest BCUT2D eigenvalue weighted by atomic mass is 9.80. The first kappa shape index (κ1) is 25.2. The standard InChI is InChI=1S/C25H36N4O3S2/c1-4-28(5-2)16-19-7-8-23(33-19)18-13-20-22(15-27-24(20)21(14-18)25(26)30)17-9-11-29(12-10-17)34(31,32)6-3/h7-8,13-14,17,22,27H,4-6,9-12,15-16H2,1-3H3,(H2,26,30). The fourth-order valence-electron chi connectivity index (χ4n) is 5.26. The van der Waals surface area contributed by atoms with Crippen molar-refractivity contribution in [3.8, 4) is 10.4 Å². The summed E-state index contributed by atoms with van der Waals surface area (Å²) >= 11 is 1.77. The highest BCUT2D eigenvalue weighted by Crippen LogP contribution is 2.45. The van der Waals surface area contributed by atoms with Gasteiger partial charge in [-0.3, -0.25) is 9.69 Å². The fraction of sp³-hybridized carbons (Fsp3) is 0.560. The minimum atomic E-state index is -3.15. The molecule has 186 valence electrons. The maximum Gasteiger partial charge on any atom is 0.250 e. The second-order valence-corrected chi connectivity index (χ2v) is 12.6. The van der Waals surface area contributed by atoms with E-state index in [1.165, 1.54) is 4.88 Å². The van der Waals surface area contributed by atoms with Gasteiger partial charge in [0, 0.05) is 41.9 Å². The van der Waals surface area contributed by atoms with Crippen LogP contribution in [0.25, 0.3) is 10.4 Å². The van der Waals surface area contributed by atoms with Gasteiger partial charge in [-0.2, -0.15) is 0 Å². The van der Waals surface area contributed by atoms with Crippen molar-refractivity contribution < 1.29 is 13.2 Å². The number of thiophene rings is 1. The van der Waals surface area contributed by atoms with Gasteiger partial charge >= 0.3 is 0 Å². The average Bonchev–Trinajstić information content (AvgIpc) is 3.49. The Morgan fingerprint density at radius 1 is 1.18 bits per heavy atom. The molecular weight excluding hydrogens is 468 g/mol. The Morgan fingerprint density at radius 3 is 2.50 bits per heavy atom. The first-order chi connectivity index (χ1) is 16.3. The van der Waals surface area contributed by atoms with Crippen molar-refractivity contribution in [3.63, 3.8) is 0 Å². The number of hydrogen-bond acceptors (Lipinski definition) is 6. The molecule has 0 bridgehead atoms. The van der Waals surface area contributed by atoms with E-state index in [2.05, 4.69) is 42.3 Å². The van der Waals surface area contributed by atoms with Crippen molar-refractivity contribution in [3.05, 3.63) is 40.3 Å². The highest BCUT2D eigenvalue weighted by molar-refractivity contribution is 7.89. The Bertz CT molecular complexity index is 1130. The molecule has 1 saturated heterocycles. The summed E-state index contributed by atoms with van der Waals surface area (Å²) in [5, 5.41) is 3.44. The number of carbonyl (C=O) groups excluding carboxylic acids is 1. The summed E-state index contributed by atoms with van der Waals surface area (Å²) in [5.74, 6) is 0.340. The van der Waals surface area contributed by atoms with E-state index in [0.717, 1.165) is 60.7 Å². The number of carbonyl (C=O) groups is 1. The summed E-state index contributed by atoms with van der Waals surface area (Å²) in [6.07, 6.45) is 1.66. The van der Waals surface area contributed by atoms with Crippen molar-refractivity contribution in [2.45, 2.75) is 46.1 Å². The number of nitrogens with two attached hydrogens (primary N) is 1. The average molecular weight is 505 g/mol. The smallest absolute Gasteiger partial charge is 0.250 e. The lowest BCUT2D eigenvalue weighted by Crippen LogP contribution is -2.40. The summed E-state index contributed by atoms with van der Waals surface area (Å²) in [6.45, 7) is 10.9. The van der Waals surface area contributed by atoms with Crippen LogP contribution in [-0.2, 0) is 16.6 Å². The molecule has 4 rings (SSSR count). The number of nitrogens with one attached hydrogen (secondary N) is 1. The molecule has 1 aromatic carbocycles. The van der Waals surface area contributed by atoms with E-state index in [1.807, 2.05) is 6.07 Å². The molecule has 3 heterocycles. The third-order valence-electron chi connectivity index (χ3n) is 7.38. The van der Waals surface area contributed by atoms with Gasteiger partial charge in [0.05, 0.1) is 17.0 Å². The van der Waals surface area contributed by atoms with Crippen LogP contribution in [0.15, 0.2) is 24.3 Å². The Balaban J connectivity index is 1.60. The molecule has 34 heavy (non-hydrogen) atoms. The van der Waals surface area contributed by atoms with Crippen LogP contribution in [0.5, 0.6) is 0 Å². The minimum Gasteiger partial charge on any atom is -0.384 e. The van der Waals surface area contributed by atoms with Gasteiger partial charge in [-0.25, -0.2) is 12.7 Å². The number of hydrogen-bond donors (Lipinski definition) is 2. The maximum absolute atomic E-state index is 12.3. The highest BCUT2D eigenvalue weighted by atomic mass is 32.2. The van der Waals surface area contributed by atoms with Crippen molar-refractivity contribution in [2.24, 2.45) is 11.7 Å². The first-order valence-electron chi connectivity index (χ1n) is 12.3. The number of primary amides is 1. The summed E-state index contributed by atoms with van der Waals surface area (Å²) in [5.41, 5.74) is 9.35. The van der Waals surface area contributed by atoms with E-state index in [9.17, 15) is 13.2 Å². The van der Waals surface area contributed by atoms with Gasteiger partial charge in [0.2, 0.25) is 10.0 Å². The van der Waals surface area contributed by atoms with Gasteiger partial charge in [0.1, 0.15) is 0 Å². The van der Waals surface area contributed by atoms with Crippen LogP contribution in [0, 0.1) is 5.92 Å². The molecule has 3 N–H and O–H groups in total. The molecule has 0 spiro atoms. The van der Waals surface area contributed by atoms with E-state index in [1.54, 1.807) is 22.6 Å². The van der Waals surface area contributed by atoms with Crippen LogP contribution in [0.2, 0.25) is 0 Å². The Kier molecular flexibility index (Phi) is 7.66. The van der Waals surface area contributed by atoms with Crippen LogP contribution >= 0.6 is 11.3 Å². The number of nitrogens with zero attached hydrogens (tertiary/aromatic N) is 2. The topological polar surface area (TPSA) is 95.7 Å². The van der Waals surface area contributed by atoms with E-state index in [4.69, 9.17) is 5.73 Å². The monoisotopic (exact) mass is 504 g/mol. The highest BCUT2D eigenvalue weighted by Gasteiger charge is 2.36. The van der Waals surface area contributed by atoms with Crippen LogP contribution in [0.3, 0.4) is 0 Å². The zero-order chi connectivity index (χ0) is 24.5. The zero-order valence-electron chi connectivity index (χ0n) is 20.3. The van der Waals surface area contributed by atoms with Crippen LogP contribution < -0.4 is 11.1 Å². The molecule has 2 aliphatic heterocycles. The van der Waals surface area contributed by atoms with Crippen molar-refractivity contribution in [1.82, 2.24) is 9.21 Å². The molecule has 0 aliphatic carbocycles. The molecule has 7 nitrogen and oxygen atoms in total. The lowest BCUT2D eigenvalue weighted by Gasteiger charge is -2.34. The molecule has 1 fully saturated rings. The number of anilines is 1. The molecule has 1 amide bonds. The number of piperidine rings is 1. The van der Waals surface area contributed by atoms with Crippen LogP contribution in [-0.4, -0.2) is 62.0 Å². The van der Waals surface area contributed by atoms with Gasteiger partial charge in [0.15, 0.2) is 0 Å². The molecule has 2 aromatic rings. The molecule has 1 unspecified atom stereocenters. The summed E-state index contributed by atoms with van der Waals surface area (Å²) in [7, 11) is -3.15. The molecule has 2 aliphatic rings. The van der Waals surface area contributed by atoms with Crippen molar-refractivity contribution in [1.29, 1.82) is 0 Å². The van der Waals surface area contributed by atoms with Gasteiger partial charge in [-0.1, -0.05) is 13.8 Å². The molecule has 1 aromatic heterocycles. The largest absolute Gasteiger partial charge is 0.384 e. The second kappa shape index (κ2) is 10.4. The Morgan fingerprint density at radius 2 is 1.88 bits per heavy atom. The number of amides is 1. The molecule has 0 radical (unpaired) electrons. The SMILES string of the molecule is CCN(CC)Cc1ccc(-c2cc(C(N)=O)c3c(c2)C(C2CCN(S(=O)(=O)CC)CC2)CN3)s1. The number of fused-ring (bicyclic) bond motifs is 1. The van der Waals surface area contributed by atoms with E-state index in [-0.39, 0.29) is 11.7 Å². The predicted octanol–water partition coefficient (Wildman–Crippen LogP) is 3.93. The van der Waals surface area contributed by atoms with Crippen LogP contribution in [0.1, 0.15) is 60.3 Å². The van der Waals surface area contributed by atoms with E-state index >= 15 is 0 Å². The van der Waals surface area contributed by atoms with Gasteiger partial charge in [-0.05, 0) is 74.2 Å². The first-order valence-corrected chi connectivity index (χ1v) is 14.7. The maximum atomic E-state index is 12.3. The summed E-state index contributed by atoms with van der Waals surface area (Å²) in [4.78, 5) is 17.2. The molecule has 0 saturated carbocycles. The summed E-state index contributed by atoms with van der Waals surface area (Å²) < 4.78 is 26.2. The quantitative estimate of drug-likeness (QED) is 0.540. The van der Waals surface area contributed by atoms with Crippen molar-refractivity contribution >= 4 is 33.0 Å². The predicted molar refractivity (Wildman–Crippen MR) is 140 cm³/mol. The number of benzene rings is 1. The van der Waals surface area contributed by atoms with Gasteiger partial charge in [-0.15, -0.1) is 11.3 Å². The van der Waals surface area contributed by atoms with Gasteiger partial charge in [0.25, 0.3) is 5.91 Å². The van der Waals surface area contributed by atoms with Crippen LogP contribution in [0.4, 0.5) is 5.69 Å². The molecule has 9 heteroatoms. The summed E-state index contributed by atoms with van der Waals surface area (Å²) in [6, 6.07) is 8.45. The number of sulfonamides is 1.